The number of hydrogen-bond donors (Lipinski definition) is 2. The molecule has 0 radical (unpaired) electrons. The fourth-order valence-electron chi connectivity index (χ4n) is 1.57. The maximum absolute atomic E-state index is 9.73. The summed E-state index contributed by atoms with van der Waals surface area (Å²) in [4.78, 5) is 0. The van der Waals surface area contributed by atoms with Gasteiger partial charge in [0.05, 0.1) is 32.5 Å². The van der Waals surface area contributed by atoms with E-state index in [2.05, 4.69) is 19.2 Å². The van der Waals surface area contributed by atoms with Gasteiger partial charge in [-0.2, -0.15) is 0 Å². The Morgan fingerprint density at radius 2 is 1.79 bits per heavy atom. The highest BCUT2D eigenvalue weighted by Crippen LogP contribution is 1.93. The third-order valence-electron chi connectivity index (χ3n) is 2.83. The first-order valence-electron chi connectivity index (χ1n) is 7.30. The fourth-order valence-corrected chi connectivity index (χ4v) is 1.57. The summed E-state index contributed by atoms with van der Waals surface area (Å²) < 4.78 is 15.8. The zero-order valence-corrected chi connectivity index (χ0v) is 12.7. The third-order valence-corrected chi connectivity index (χ3v) is 2.83. The van der Waals surface area contributed by atoms with Crippen LogP contribution in [0.15, 0.2) is 0 Å². The molecule has 0 aliphatic rings. The minimum absolute atomic E-state index is 0.289. The van der Waals surface area contributed by atoms with Gasteiger partial charge in [0, 0.05) is 26.3 Å². The largest absolute Gasteiger partial charge is 0.389 e. The van der Waals surface area contributed by atoms with E-state index in [1.807, 2.05) is 0 Å². The van der Waals surface area contributed by atoms with E-state index in [1.54, 1.807) is 7.11 Å². The predicted octanol–water partition coefficient (Wildman–Crippen LogP) is 1.20. The van der Waals surface area contributed by atoms with Crippen molar-refractivity contribution in [2.45, 2.75) is 45.3 Å². The average Bonchev–Trinajstić information content (AvgIpc) is 2.42. The first-order chi connectivity index (χ1) is 9.24. The van der Waals surface area contributed by atoms with Gasteiger partial charge in [-0.25, -0.2) is 0 Å². The van der Waals surface area contributed by atoms with Crippen LogP contribution in [-0.2, 0) is 14.2 Å². The molecule has 19 heavy (non-hydrogen) atoms. The summed E-state index contributed by atoms with van der Waals surface area (Å²) in [5.74, 6) is 0. The van der Waals surface area contributed by atoms with E-state index in [0.29, 0.717) is 33.0 Å². The van der Waals surface area contributed by atoms with Crippen LogP contribution in [0, 0.1) is 0 Å². The molecule has 0 saturated heterocycles. The van der Waals surface area contributed by atoms with Crippen LogP contribution in [0.1, 0.15) is 33.1 Å². The first kappa shape index (κ1) is 18.8. The Morgan fingerprint density at radius 1 is 1.05 bits per heavy atom. The molecule has 0 aromatic rings. The first-order valence-corrected chi connectivity index (χ1v) is 7.30. The summed E-state index contributed by atoms with van der Waals surface area (Å²) in [6, 6.07) is 0.289. The minimum atomic E-state index is -0.485. The minimum Gasteiger partial charge on any atom is -0.389 e. The molecule has 0 rings (SSSR count). The standard InChI is InChI=1S/C14H31NO4/c1-4-6-7-18-8-9-19-12-14(16)10-15-13(5-2)11-17-3/h13-16H,4-12H2,1-3H3. The Morgan fingerprint density at radius 3 is 2.42 bits per heavy atom. The zero-order chi connectivity index (χ0) is 14.3. The monoisotopic (exact) mass is 277 g/mol. The molecule has 0 aliphatic heterocycles. The molecule has 2 N–H and O–H groups in total. The van der Waals surface area contributed by atoms with Crippen molar-refractivity contribution >= 4 is 0 Å². The molecule has 0 amide bonds. The van der Waals surface area contributed by atoms with Gasteiger partial charge in [-0.15, -0.1) is 0 Å². The average molecular weight is 277 g/mol. The molecule has 0 spiro atoms. The summed E-state index contributed by atoms with van der Waals surface area (Å²) in [6.45, 7) is 7.68. The highest BCUT2D eigenvalue weighted by molar-refractivity contribution is 4.67. The lowest BCUT2D eigenvalue weighted by Gasteiger charge is -2.18. The normalized spacial score (nSPS) is 14.5. The Bertz CT molecular complexity index is 181. The number of aliphatic hydroxyl groups is 1. The lowest BCUT2D eigenvalue weighted by Crippen LogP contribution is -2.39. The molecule has 116 valence electrons. The fraction of sp³-hybridized carbons (Fsp3) is 1.00. The van der Waals surface area contributed by atoms with Crippen molar-refractivity contribution < 1.29 is 19.3 Å². The van der Waals surface area contributed by atoms with Gasteiger partial charge in [-0.1, -0.05) is 20.3 Å². The van der Waals surface area contributed by atoms with E-state index in [-0.39, 0.29) is 6.04 Å². The molecule has 0 bridgehead atoms. The molecular formula is C14H31NO4. The number of ether oxygens (including phenoxy) is 3. The van der Waals surface area contributed by atoms with Crippen molar-refractivity contribution in [2.75, 3.05) is 46.7 Å². The molecular weight excluding hydrogens is 246 g/mol. The molecule has 0 aliphatic carbocycles. The summed E-state index contributed by atoms with van der Waals surface area (Å²) in [5.41, 5.74) is 0. The van der Waals surface area contributed by atoms with Crippen LogP contribution in [0.2, 0.25) is 0 Å². The number of methoxy groups -OCH3 is 1. The zero-order valence-electron chi connectivity index (χ0n) is 12.7. The highest BCUT2D eigenvalue weighted by atomic mass is 16.5. The predicted molar refractivity (Wildman–Crippen MR) is 76.5 cm³/mol. The molecule has 0 saturated carbocycles. The summed E-state index contributed by atoms with van der Waals surface area (Å²) in [7, 11) is 1.68. The molecule has 0 aromatic carbocycles. The number of nitrogens with one attached hydrogen (secondary N) is 1. The van der Waals surface area contributed by atoms with Crippen molar-refractivity contribution in [1.82, 2.24) is 5.32 Å². The number of unbranched alkanes of at least 4 members (excludes halogenated alkanes) is 1. The molecule has 5 nitrogen and oxygen atoms in total. The van der Waals surface area contributed by atoms with E-state index >= 15 is 0 Å². The highest BCUT2D eigenvalue weighted by Gasteiger charge is 2.09. The second-order valence-electron chi connectivity index (χ2n) is 4.66. The van der Waals surface area contributed by atoms with Gasteiger partial charge in [0.15, 0.2) is 0 Å². The van der Waals surface area contributed by atoms with Gasteiger partial charge in [-0.05, 0) is 12.8 Å². The number of hydrogen-bond acceptors (Lipinski definition) is 5. The van der Waals surface area contributed by atoms with E-state index in [0.717, 1.165) is 25.9 Å². The molecule has 2 atom stereocenters. The van der Waals surface area contributed by atoms with Crippen LogP contribution in [0.25, 0.3) is 0 Å². The van der Waals surface area contributed by atoms with Gasteiger partial charge in [-0.3, -0.25) is 0 Å². The van der Waals surface area contributed by atoms with Crippen molar-refractivity contribution in [2.24, 2.45) is 0 Å². The summed E-state index contributed by atoms with van der Waals surface area (Å²) in [6.07, 6.45) is 2.73. The van der Waals surface area contributed by atoms with Gasteiger partial charge in [0.2, 0.25) is 0 Å². The summed E-state index contributed by atoms with van der Waals surface area (Å²) >= 11 is 0. The van der Waals surface area contributed by atoms with Crippen molar-refractivity contribution in [3.63, 3.8) is 0 Å². The van der Waals surface area contributed by atoms with Crippen LogP contribution in [-0.4, -0.2) is 63.9 Å². The van der Waals surface area contributed by atoms with Crippen molar-refractivity contribution in [3.05, 3.63) is 0 Å². The lowest BCUT2D eigenvalue weighted by atomic mass is 10.2. The van der Waals surface area contributed by atoms with Gasteiger partial charge >= 0.3 is 0 Å². The lowest BCUT2D eigenvalue weighted by molar-refractivity contribution is 0.00235. The number of rotatable bonds is 14. The SMILES string of the molecule is CCCCOCCOCC(O)CNC(CC)COC. The van der Waals surface area contributed by atoms with E-state index in [1.165, 1.54) is 0 Å². The summed E-state index contributed by atoms with van der Waals surface area (Å²) in [5, 5.41) is 13.0. The maximum atomic E-state index is 9.73. The Labute approximate surface area is 117 Å². The third kappa shape index (κ3) is 12.6. The van der Waals surface area contributed by atoms with Gasteiger partial charge in [0.1, 0.15) is 0 Å². The van der Waals surface area contributed by atoms with Gasteiger partial charge in [0.25, 0.3) is 0 Å². The van der Waals surface area contributed by atoms with Crippen LogP contribution >= 0.6 is 0 Å². The van der Waals surface area contributed by atoms with E-state index in [9.17, 15) is 5.11 Å². The smallest absolute Gasteiger partial charge is 0.0897 e. The van der Waals surface area contributed by atoms with Crippen molar-refractivity contribution in [3.8, 4) is 0 Å². The molecule has 0 heterocycles. The van der Waals surface area contributed by atoms with E-state index in [4.69, 9.17) is 14.2 Å². The van der Waals surface area contributed by atoms with Gasteiger partial charge < -0.3 is 24.6 Å². The van der Waals surface area contributed by atoms with Crippen molar-refractivity contribution in [1.29, 1.82) is 0 Å². The number of aliphatic hydroxyl groups excluding tert-OH is 1. The molecule has 5 heteroatoms. The quantitative estimate of drug-likeness (QED) is 0.467. The van der Waals surface area contributed by atoms with Crippen LogP contribution in [0.5, 0.6) is 0 Å². The molecule has 2 unspecified atom stereocenters. The second kappa shape index (κ2) is 14.2. The van der Waals surface area contributed by atoms with Crippen LogP contribution in [0.4, 0.5) is 0 Å². The Hall–Kier alpha value is -0.200. The maximum Gasteiger partial charge on any atom is 0.0897 e. The Kier molecular flexibility index (Phi) is 14.1. The van der Waals surface area contributed by atoms with Crippen LogP contribution in [0.3, 0.4) is 0 Å². The molecule has 0 aromatic heterocycles. The van der Waals surface area contributed by atoms with E-state index < -0.39 is 6.10 Å². The topological polar surface area (TPSA) is 60.0 Å². The van der Waals surface area contributed by atoms with Crippen LogP contribution < -0.4 is 5.32 Å². The molecule has 0 fully saturated rings. The second-order valence-corrected chi connectivity index (χ2v) is 4.66. The Balaban J connectivity index is 3.35.